The van der Waals surface area contributed by atoms with E-state index >= 15 is 0 Å². The van der Waals surface area contributed by atoms with Crippen LogP contribution in [-0.2, 0) is 22.5 Å². The smallest absolute Gasteiger partial charge is 0.410 e. The SMILES string of the molecule is CCC.CCN(C)Cc1ccc(CC2CCN(C(=O)OCC(=O)C(C)C)CC2)cc1. The van der Waals surface area contributed by atoms with Crippen LogP contribution >= 0.6 is 0 Å². The van der Waals surface area contributed by atoms with E-state index in [4.69, 9.17) is 4.74 Å². The fourth-order valence-corrected chi connectivity index (χ4v) is 3.25. The van der Waals surface area contributed by atoms with Gasteiger partial charge in [-0.3, -0.25) is 4.79 Å². The van der Waals surface area contributed by atoms with Gasteiger partial charge >= 0.3 is 6.09 Å². The predicted molar refractivity (Wildman–Crippen MR) is 124 cm³/mol. The maximum absolute atomic E-state index is 12.1. The third-order valence-corrected chi connectivity index (χ3v) is 5.39. The summed E-state index contributed by atoms with van der Waals surface area (Å²) in [6.45, 7) is 13.4. The topological polar surface area (TPSA) is 49.9 Å². The van der Waals surface area contributed by atoms with Gasteiger partial charge in [-0.25, -0.2) is 4.79 Å². The zero-order valence-corrected chi connectivity index (χ0v) is 19.9. The summed E-state index contributed by atoms with van der Waals surface area (Å²) in [4.78, 5) is 27.7. The Balaban J connectivity index is 0.00000141. The number of ketones is 1. The van der Waals surface area contributed by atoms with Crippen molar-refractivity contribution in [2.24, 2.45) is 11.8 Å². The molecule has 30 heavy (non-hydrogen) atoms. The second-order valence-electron chi connectivity index (χ2n) is 8.66. The Kier molecular flexibility index (Phi) is 12.4. The van der Waals surface area contributed by atoms with Crippen LogP contribution in [0.2, 0.25) is 0 Å². The number of benzene rings is 1. The fraction of sp³-hybridized carbons (Fsp3) is 0.680. The van der Waals surface area contributed by atoms with Gasteiger partial charge in [-0.15, -0.1) is 0 Å². The summed E-state index contributed by atoms with van der Waals surface area (Å²) in [6, 6.07) is 8.91. The van der Waals surface area contributed by atoms with Crippen LogP contribution < -0.4 is 0 Å². The van der Waals surface area contributed by atoms with Crippen molar-refractivity contribution in [3.05, 3.63) is 35.4 Å². The first-order valence-electron chi connectivity index (χ1n) is 11.5. The molecule has 1 aromatic rings. The molecule has 1 fully saturated rings. The number of carbonyl (C=O) groups excluding carboxylic acids is 2. The predicted octanol–water partition coefficient (Wildman–Crippen LogP) is 5.17. The van der Waals surface area contributed by atoms with Crippen LogP contribution in [0.1, 0.15) is 65.0 Å². The number of Topliss-reactive ketones (excluding diaryl/α,β-unsaturated/α-hetero) is 1. The van der Waals surface area contributed by atoms with Crippen LogP contribution in [0.15, 0.2) is 24.3 Å². The van der Waals surface area contributed by atoms with Gasteiger partial charge in [0.05, 0.1) is 0 Å². The fourth-order valence-electron chi connectivity index (χ4n) is 3.25. The molecule has 170 valence electrons. The average Bonchev–Trinajstić information content (AvgIpc) is 2.74. The minimum atomic E-state index is -0.355. The summed E-state index contributed by atoms with van der Waals surface area (Å²) in [7, 11) is 2.13. The van der Waals surface area contributed by atoms with Gasteiger partial charge in [0.2, 0.25) is 0 Å². The van der Waals surface area contributed by atoms with Crippen LogP contribution in [0.5, 0.6) is 0 Å². The molecule has 5 heteroatoms. The monoisotopic (exact) mass is 418 g/mol. The van der Waals surface area contributed by atoms with Crippen molar-refractivity contribution in [1.82, 2.24) is 9.80 Å². The normalized spacial score (nSPS) is 14.5. The number of ether oxygens (including phenoxy) is 1. The zero-order chi connectivity index (χ0) is 22.5. The van der Waals surface area contributed by atoms with Crippen molar-refractivity contribution in [2.75, 3.05) is 33.3 Å². The molecule has 1 aromatic carbocycles. The zero-order valence-electron chi connectivity index (χ0n) is 19.9. The molecule has 0 radical (unpaired) electrons. The van der Waals surface area contributed by atoms with Gasteiger partial charge in [0.25, 0.3) is 0 Å². The van der Waals surface area contributed by atoms with Gasteiger partial charge < -0.3 is 14.5 Å². The third-order valence-electron chi connectivity index (χ3n) is 5.39. The van der Waals surface area contributed by atoms with Gasteiger partial charge in [-0.05, 0) is 49.9 Å². The van der Waals surface area contributed by atoms with E-state index in [1.54, 1.807) is 4.90 Å². The van der Waals surface area contributed by atoms with Crippen molar-refractivity contribution in [3.63, 3.8) is 0 Å². The molecule has 2 rings (SSSR count). The molecule has 1 amide bonds. The van der Waals surface area contributed by atoms with Crippen molar-refractivity contribution >= 4 is 11.9 Å². The standard InChI is InChI=1S/C22H34N2O3.C3H8/c1-5-23(4)15-20-8-6-18(7-9-20)14-19-10-12-24(13-11-19)22(26)27-16-21(25)17(2)3;1-3-2/h6-9,17,19H,5,10-16H2,1-4H3;3H2,1-2H3. The first-order valence-corrected chi connectivity index (χ1v) is 11.5. The number of likely N-dealkylation sites (tertiary alicyclic amines) is 1. The average molecular weight is 419 g/mol. The Hall–Kier alpha value is -1.88. The Morgan fingerprint density at radius 1 is 1.07 bits per heavy atom. The molecule has 0 saturated carbocycles. The molecule has 0 aromatic heterocycles. The molecule has 1 aliphatic rings. The number of nitrogens with zero attached hydrogens (tertiary/aromatic N) is 2. The molecule has 0 N–H and O–H groups in total. The van der Waals surface area contributed by atoms with E-state index < -0.39 is 0 Å². The van der Waals surface area contributed by atoms with Crippen molar-refractivity contribution in [3.8, 4) is 0 Å². The lowest BCUT2D eigenvalue weighted by atomic mass is 9.90. The molecule has 0 atom stereocenters. The second kappa shape index (κ2) is 14.2. The van der Waals surface area contributed by atoms with Gasteiger partial charge in [0.15, 0.2) is 12.4 Å². The van der Waals surface area contributed by atoms with Gasteiger partial charge in [-0.2, -0.15) is 0 Å². The number of piperidine rings is 1. The Morgan fingerprint density at radius 3 is 2.10 bits per heavy atom. The summed E-state index contributed by atoms with van der Waals surface area (Å²) in [6.07, 6.45) is 3.91. The minimum absolute atomic E-state index is 0.0354. The quantitative estimate of drug-likeness (QED) is 0.584. The van der Waals surface area contributed by atoms with E-state index in [1.165, 1.54) is 17.5 Å². The third kappa shape index (κ3) is 9.75. The lowest BCUT2D eigenvalue weighted by molar-refractivity contribution is -0.125. The maximum atomic E-state index is 12.1. The lowest BCUT2D eigenvalue weighted by Crippen LogP contribution is -2.40. The van der Waals surface area contributed by atoms with Gasteiger partial charge in [0.1, 0.15) is 0 Å². The highest BCUT2D eigenvalue weighted by Gasteiger charge is 2.24. The van der Waals surface area contributed by atoms with Gasteiger partial charge in [-0.1, -0.05) is 65.3 Å². The maximum Gasteiger partial charge on any atom is 0.410 e. The first kappa shape index (κ1) is 26.2. The molecule has 1 heterocycles. The molecule has 1 saturated heterocycles. The number of hydrogen-bond donors (Lipinski definition) is 0. The molecule has 1 aliphatic heterocycles. The van der Waals surface area contributed by atoms with Crippen LogP contribution in [-0.4, -0.2) is 55.0 Å². The number of carbonyl (C=O) groups is 2. The summed E-state index contributed by atoms with van der Waals surface area (Å²) in [5, 5.41) is 0. The van der Waals surface area contributed by atoms with Crippen LogP contribution in [0.4, 0.5) is 4.79 Å². The highest BCUT2D eigenvalue weighted by atomic mass is 16.6. The summed E-state index contributed by atoms with van der Waals surface area (Å²) < 4.78 is 5.15. The molecule has 0 bridgehead atoms. The van der Waals surface area contributed by atoms with Crippen LogP contribution in [0.25, 0.3) is 0 Å². The van der Waals surface area contributed by atoms with Crippen LogP contribution in [0.3, 0.4) is 0 Å². The van der Waals surface area contributed by atoms with E-state index in [1.807, 2.05) is 13.8 Å². The first-order chi connectivity index (χ1) is 14.3. The van der Waals surface area contributed by atoms with E-state index in [0.717, 1.165) is 32.4 Å². The van der Waals surface area contributed by atoms with E-state index in [2.05, 4.69) is 57.0 Å². The number of rotatable bonds is 8. The van der Waals surface area contributed by atoms with Gasteiger partial charge in [0, 0.05) is 25.6 Å². The lowest BCUT2D eigenvalue weighted by Gasteiger charge is -2.31. The van der Waals surface area contributed by atoms with E-state index in [9.17, 15) is 9.59 Å². The molecular weight excluding hydrogens is 376 g/mol. The Bertz CT molecular complexity index is 620. The molecule has 5 nitrogen and oxygen atoms in total. The summed E-state index contributed by atoms with van der Waals surface area (Å²) in [5.41, 5.74) is 2.71. The largest absolute Gasteiger partial charge is 0.441 e. The highest BCUT2D eigenvalue weighted by Crippen LogP contribution is 2.22. The molecule has 0 aliphatic carbocycles. The van der Waals surface area contributed by atoms with Crippen molar-refractivity contribution in [2.45, 2.75) is 66.8 Å². The highest BCUT2D eigenvalue weighted by molar-refractivity contribution is 5.83. The number of amides is 1. The molecule has 0 unspecified atom stereocenters. The minimum Gasteiger partial charge on any atom is -0.441 e. The summed E-state index contributed by atoms with van der Waals surface area (Å²) in [5.74, 6) is 0.458. The van der Waals surface area contributed by atoms with Crippen molar-refractivity contribution in [1.29, 1.82) is 0 Å². The van der Waals surface area contributed by atoms with E-state index in [-0.39, 0.29) is 24.4 Å². The van der Waals surface area contributed by atoms with Crippen molar-refractivity contribution < 1.29 is 14.3 Å². The Labute approximate surface area is 183 Å². The van der Waals surface area contributed by atoms with Crippen LogP contribution in [0, 0.1) is 11.8 Å². The van der Waals surface area contributed by atoms with E-state index in [0.29, 0.717) is 19.0 Å². The second-order valence-corrected chi connectivity index (χ2v) is 8.66. The summed E-state index contributed by atoms with van der Waals surface area (Å²) >= 11 is 0. The molecular formula is C25H42N2O3. The number of hydrogen-bond acceptors (Lipinski definition) is 4. The molecule has 0 spiro atoms. The Morgan fingerprint density at radius 2 is 1.60 bits per heavy atom.